The number of hydrogen-bond acceptors (Lipinski definition) is 1. The van der Waals surface area contributed by atoms with Crippen LogP contribution in [0.4, 0.5) is 0 Å². The van der Waals surface area contributed by atoms with Gasteiger partial charge in [0.25, 0.3) is 0 Å². The molecule has 5 heteroatoms. The van der Waals surface area contributed by atoms with Gasteiger partial charge in [0.1, 0.15) is 0 Å². The molecule has 2 N–H and O–H groups in total. The summed E-state index contributed by atoms with van der Waals surface area (Å²) < 4.78 is 23.1. The summed E-state index contributed by atoms with van der Waals surface area (Å²) in [6.45, 7) is 0. The minimum absolute atomic E-state index is 0. The molecule has 0 aromatic heterocycles. The molecule has 0 aliphatic rings. The SMILES string of the molecule is O=[Se](O)O.[K]. The maximum Gasteiger partial charge on any atom is 0 e. The Morgan fingerprint density at radius 2 is 1.40 bits per heavy atom. The van der Waals surface area contributed by atoms with Crippen LogP contribution in [0.2, 0.25) is 0 Å². The van der Waals surface area contributed by atoms with Crippen LogP contribution in [0.15, 0.2) is 0 Å². The van der Waals surface area contributed by atoms with Gasteiger partial charge in [-0.25, -0.2) is 0 Å². The molecule has 0 spiro atoms. The van der Waals surface area contributed by atoms with Crippen LogP contribution in [-0.2, 0) is 3.83 Å². The molecule has 1 radical (unpaired) electrons. The van der Waals surface area contributed by atoms with Crippen LogP contribution >= 0.6 is 0 Å². The molecule has 0 amide bonds. The summed E-state index contributed by atoms with van der Waals surface area (Å²) in [4.78, 5) is 0. The fraction of sp³-hybridized carbons (Fsp3) is 0. The fourth-order valence-corrected chi connectivity index (χ4v) is 0. The Balaban J connectivity index is 0. The van der Waals surface area contributed by atoms with Crippen molar-refractivity contribution in [3.05, 3.63) is 0 Å². The van der Waals surface area contributed by atoms with Crippen LogP contribution in [0.3, 0.4) is 0 Å². The molecule has 0 aliphatic heterocycles. The summed E-state index contributed by atoms with van der Waals surface area (Å²) in [5, 5.41) is 0. The van der Waals surface area contributed by atoms with E-state index >= 15 is 0 Å². The van der Waals surface area contributed by atoms with Gasteiger partial charge < -0.3 is 0 Å². The van der Waals surface area contributed by atoms with Crippen molar-refractivity contribution in [3.63, 3.8) is 0 Å². The molecule has 0 fully saturated rings. The van der Waals surface area contributed by atoms with E-state index in [1.54, 1.807) is 0 Å². The van der Waals surface area contributed by atoms with Crippen molar-refractivity contribution in [1.82, 2.24) is 0 Å². The molecule has 0 bridgehead atoms. The minimum Gasteiger partial charge on any atom is 0 e. The van der Waals surface area contributed by atoms with Crippen LogP contribution in [-0.4, -0.2) is 74.3 Å². The number of hydrogen-bond donors (Lipinski definition) is 2. The molecular formula is H2KO3Se. The molecule has 0 aromatic rings. The van der Waals surface area contributed by atoms with Gasteiger partial charge in [-0.2, -0.15) is 0 Å². The molecule has 27 valence electrons. The maximum absolute atomic E-state index is 8.76. The average molecular weight is 168 g/mol. The largest absolute Gasteiger partial charge is 0 e. The minimum atomic E-state index is -3.29. The Bertz CT molecular complexity index is 29.9. The molecule has 3 nitrogen and oxygen atoms in total. The second kappa shape index (κ2) is 5.88. The van der Waals surface area contributed by atoms with Crippen LogP contribution in [0.1, 0.15) is 0 Å². The fourth-order valence-electron chi connectivity index (χ4n) is 0. The van der Waals surface area contributed by atoms with Crippen molar-refractivity contribution in [2.75, 3.05) is 0 Å². The summed E-state index contributed by atoms with van der Waals surface area (Å²) >= 11 is -3.29. The first-order valence-corrected chi connectivity index (χ1v) is 2.76. The van der Waals surface area contributed by atoms with E-state index < -0.39 is 14.5 Å². The predicted molar refractivity (Wildman–Crippen MR) is 16.6 cm³/mol. The first-order chi connectivity index (χ1) is 1.73. The van der Waals surface area contributed by atoms with Gasteiger partial charge in [0.05, 0.1) is 0 Å². The van der Waals surface area contributed by atoms with Gasteiger partial charge >= 0.3 is 26.7 Å². The van der Waals surface area contributed by atoms with Gasteiger partial charge in [0.2, 0.25) is 0 Å². The van der Waals surface area contributed by atoms with Crippen molar-refractivity contribution >= 4 is 65.9 Å². The van der Waals surface area contributed by atoms with E-state index in [9.17, 15) is 0 Å². The standard InChI is InChI=1S/K.H2O3Se/c;1-4(2)3/h;(H2,1,2,3). The molecule has 0 aliphatic carbocycles. The van der Waals surface area contributed by atoms with E-state index in [1.807, 2.05) is 0 Å². The van der Waals surface area contributed by atoms with Crippen LogP contribution in [0, 0.1) is 0 Å². The van der Waals surface area contributed by atoms with Gasteiger partial charge in [0, 0.05) is 51.4 Å². The van der Waals surface area contributed by atoms with E-state index in [0.29, 0.717) is 0 Å². The zero-order valence-corrected chi connectivity index (χ0v) is 7.55. The summed E-state index contributed by atoms with van der Waals surface area (Å²) in [5.41, 5.74) is 0. The Kier molecular flexibility index (Phi) is 11.7. The molecule has 0 rings (SSSR count). The van der Waals surface area contributed by atoms with E-state index in [0.717, 1.165) is 0 Å². The third kappa shape index (κ3) is 25.1. The van der Waals surface area contributed by atoms with Gasteiger partial charge in [-0.3, -0.25) is 0 Å². The monoisotopic (exact) mass is 169 g/mol. The molecular weight excluding hydrogens is 166 g/mol. The second-order valence-corrected chi connectivity index (χ2v) is 1.20. The average Bonchev–Trinajstić information content (AvgIpc) is 0.811. The Labute approximate surface area is 76.5 Å². The molecule has 0 saturated carbocycles. The normalized spacial score (nSPS) is 7.00. The summed E-state index contributed by atoms with van der Waals surface area (Å²) in [6.07, 6.45) is 0. The van der Waals surface area contributed by atoms with Gasteiger partial charge in [0.15, 0.2) is 0 Å². The third-order valence-corrected chi connectivity index (χ3v) is 0. The van der Waals surface area contributed by atoms with E-state index in [4.69, 9.17) is 12.2 Å². The van der Waals surface area contributed by atoms with Crippen LogP contribution in [0.25, 0.3) is 0 Å². The zero-order chi connectivity index (χ0) is 3.58. The van der Waals surface area contributed by atoms with Crippen molar-refractivity contribution in [3.8, 4) is 0 Å². The van der Waals surface area contributed by atoms with Crippen LogP contribution < -0.4 is 0 Å². The van der Waals surface area contributed by atoms with E-state index in [1.165, 1.54) is 0 Å². The molecule has 0 unspecified atom stereocenters. The molecule has 0 saturated heterocycles. The quantitative estimate of drug-likeness (QED) is 0.411. The molecule has 0 heterocycles. The Morgan fingerprint density at radius 3 is 1.40 bits per heavy atom. The summed E-state index contributed by atoms with van der Waals surface area (Å²) in [7, 11) is 0. The molecule has 0 atom stereocenters. The Morgan fingerprint density at radius 1 is 1.40 bits per heavy atom. The van der Waals surface area contributed by atoms with E-state index in [2.05, 4.69) is 0 Å². The zero-order valence-electron chi connectivity index (χ0n) is 2.71. The van der Waals surface area contributed by atoms with E-state index in [-0.39, 0.29) is 51.4 Å². The molecule has 5 heavy (non-hydrogen) atoms. The first-order valence-electron chi connectivity index (χ1n) is 0.532. The first kappa shape index (κ1) is 9.99. The number of rotatable bonds is 0. The van der Waals surface area contributed by atoms with Crippen molar-refractivity contribution in [2.45, 2.75) is 0 Å². The summed E-state index contributed by atoms with van der Waals surface area (Å²) in [5.74, 6) is 0. The Hall–Kier alpha value is 1.88. The van der Waals surface area contributed by atoms with Crippen molar-refractivity contribution < 1.29 is 12.2 Å². The third-order valence-electron chi connectivity index (χ3n) is 0. The van der Waals surface area contributed by atoms with Gasteiger partial charge in [-0.15, -0.1) is 0 Å². The van der Waals surface area contributed by atoms with Crippen molar-refractivity contribution in [1.29, 1.82) is 0 Å². The topological polar surface area (TPSA) is 57.5 Å². The second-order valence-electron chi connectivity index (χ2n) is 0.231. The predicted octanol–water partition coefficient (Wildman–Crippen LogP) is -1.99. The summed E-state index contributed by atoms with van der Waals surface area (Å²) in [6, 6.07) is 0. The van der Waals surface area contributed by atoms with Gasteiger partial charge in [-0.1, -0.05) is 0 Å². The molecule has 0 aromatic carbocycles. The van der Waals surface area contributed by atoms with Gasteiger partial charge in [-0.05, 0) is 0 Å². The van der Waals surface area contributed by atoms with Crippen LogP contribution in [0.5, 0.6) is 0 Å². The van der Waals surface area contributed by atoms with Crippen molar-refractivity contribution in [2.24, 2.45) is 0 Å². The maximum atomic E-state index is 8.76. The smallest absolute Gasteiger partial charge is 0 e.